The number of benzene rings is 1. The molecule has 1 atom stereocenters. The number of carbonyl (C=O) groups is 3. The molecule has 0 aliphatic heterocycles. The van der Waals surface area contributed by atoms with Crippen LogP contribution < -0.4 is 16.0 Å². The molecule has 1 aromatic carbocycles. The normalized spacial score (nSPS) is 12.3. The molecule has 0 bridgehead atoms. The number of aromatic nitrogens is 2. The summed E-state index contributed by atoms with van der Waals surface area (Å²) in [7, 11) is 2.74. The Labute approximate surface area is 205 Å². The van der Waals surface area contributed by atoms with Crippen molar-refractivity contribution < 1.29 is 32.0 Å². The van der Waals surface area contributed by atoms with E-state index in [4.69, 9.17) is 4.42 Å². The molecule has 3 aromatic rings. The Morgan fingerprint density at radius 3 is 2.42 bits per heavy atom. The Hall–Kier alpha value is -4.09. The summed E-state index contributed by atoms with van der Waals surface area (Å²) >= 11 is 0. The van der Waals surface area contributed by atoms with Gasteiger partial charge in [-0.2, -0.15) is 18.3 Å². The molecule has 2 aromatic heterocycles. The van der Waals surface area contributed by atoms with E-state index in [0.717, 1.165) is 4.68 Å². The van der Waals surface area contributed by atoms with Crippen LogP contribution >= 0.6 is 0 Å². The predicted octanol–water partition coefficient (Wildman–Crippen LogP) is 3.13. The molecule has 0 aliphatic rings. The summed E-state index contributed by atoms with van der Waals surface area (Å²) in [5, 5.41) is 11.1. The summed E-state index contributed by atoms with van der Waals surface area (Å²) in [5.74, 6) is -1.30. The van der Waals surface area contributed by atoms with E-state index in [1.54, 1.807) is 30.3 Å². The molecule has 0 saturated carbocycles. The van der Waals surface area contributed by atoms with Gasteiger partial charge in [-0.05, 0) is 29.7 Å². The first-order valence-corrected chi connectivity index (χ1v) is 11.0. The van der Waals surface area contributed by atoms with Crippen molar-refractivity contribution in [1.82, 2.24) is 25.7 Å². The molecule has 9 nitrogen and oxygen atoms in total. The third-order valence-corrected chi connectivity index (χ3v) is 5.38. The van der Waals surface area contributed by atoms with Crippen LogP contribution in [0.15, 0.2) is 46.9 Å². The number of likely N-dealkylation sites (N-methyl/N-ethyl adjacent to an activating group) is 1. The van der Waals surface area contributed by atoms with E-state index in [1.165, 1.54) is 20.2 Å². The van der Waals surface area contributed by atoms with Crippen molar-refractivity contribution in [3.63, 3.8) is 0 Å². The van der Waals surface area contributed by atoms with Gasteiger partial charge in [-0.3, -0.25) is 19.1 Å². The number of rotatable bonds is 8. The van der Waals surface area contributed by atoms with Crippen molar-refractivity contribution in [2.75, 3.05) is 7.05 Å². The molecule has 1 unspecified atom stereocenters. The molecule has 36 heavy (non-hydrogen) atoms. The molecule has 12 heteroatoms. The molecule has 0 radical (unpaired) electrons. The predicted molar refractivity (Wildman–Crippen MR) is 124 cm³/mol. The Bertz CT molecular complexity index is 1260. The maximum absolute atomic E-state index is 12.8. The molecule has 192 valence electrons. The smallest absolute Gasteiger partial charge is 0.435 e. The highest BCUT2D eigenvalue weighted by Crippen LogP contribution is 2.28. The van der Waals surface area contributed by atoms with Gasteiger partial charge in [0.1, 0.15) is 17.5 Å². The van der Waals surface area contributed by atoms with Crippen molar-refractivity contribution >= 4 is 17.7 Å². The molecular formula is C24H26F3N5O4. The molecule has 3 rings (SSSR count). The number of aryl methyl sites for hydroxylation is 1. The van der Waals surface area contributed by atoms with E-state index < -0.39 is 29.7 Å². The minimum Gasteiger partial charge on any atom is -0.451 e. The summed E-state index contributed by atoms with van der Waals surface area (Å²) in [6, 6.07) is 9.94. The maximum Gasteiger partial charge on any atom is 0.435 e. The molecule has 0 fully saturated rings. The second-order valence-electron chi connectivity index (χ2n) is 8.39. The van der Waals surface area contributed by atoms with E-state index >= 15 is 0 Å². The number of hydrogen-bond acceptors (Lipinski definition) is 5. The third kappa shape index (κ3) is 6.12. The Balaban J connectivity index is 1.68. The first-order chi connectivity index (χ1) is 16.9. The first kappa shape index (κ1) is 26.5. The molecule has 0 saturated heterocycles. The topological polar surface area (TPSA) is 118 Å². The van der Waals surface area contributed by atoms with Crippen LogP contribution in [-0.4, -0.2) is 40.6 Å². The van der Waals surface area contributed by atoms with Crippen molar-refractivity contribution in [3.05, 3.63) is 65.2 Å². The Morgan fingerprint density at radius 1 is 1.08 bits per heavy atom. The number of nitrogens with one attached hydrogen (secondary N) is 3. The van der Waals surface area contributed by atoms with Crippen LogP contribution in [0.3, 0.4) is 0 Å². The lowest BCUT2D eigenvalue weighted by Crippen LogP contribution is -2.48. The van der Waals surface area contributed by atoms with Gasteiger partial charge >= 0.3 is 6.18 Å². The number of amides is 3. The highest BCUT2D eigenvalue weighted by molar-refractivity contribution is 5.96. The fourth-order valence-corrected chi connectivity index (χ4v) is 3.44. The van der Waals surface area contributed by atoms with Crippen LogP contribution in [0.25, 0.3) is 11.3 Å². The Morgan fingerprint density at radius 2 is 1.81 bits per heavy atom. The molecular weight excluding hydrogens is 479 g/mol. The van der Waals surface area contributed by atoms with Gasteiger partial charge in [-0.15, -0.1) is 0 Å². The zero-order valence-corrected chi connectivity index (χ0v) is 20.1. The van der Waals surface area contributed by atoms with Gasteiger partial charge in [0.2, 0.25) is 5.91 Å². The van der Waals surface area contributed by atoms with Crippen molar-refractivity contribution in [2.45, 2.75) is 32.6 Å². The average molecular weight is 505 g/mol. The van der Waals surface area contributed by atoms with Crippen LogP contribution in [0.4, 0.5) is 13.2 Å². The highest BCUT2D eigenvalue weighted by Gasteiger charge is 2.35. The highest BCUT2D eigenvalue weighted by atomic mass is 19.4. The van der Waals surface area contributed by atoms with Gasteiger partial charge in [0.15, 0.2) is 11.5 Å². The zero-order chi connectivity index (χ0) is 26.6. The quantitative estimate of drug-likeness (QED) is 0.435. The zero-order valence-electron chi connectivity index (χ0n) is 20.1. The number of nitrogens with zero attached hydrogens (tertiary/aromatic N) is 2. The van der Waals surface area contributed by atoms with Crippen LogP contribution in [0, 0.1) is 5.92 Å². The van der Waals surface area contributed by atoms with E-state index in [1.807, 2.05) is 13.8 Å². The van der Waals surface area contributed by atoms with E-state index in [-0.39, 0.29) is 29.8 Å². The van der Waals surface area contributed by atoms with Crippen LogP contribution in [0.2, 0.25) is 0 Å². The summed E-state index contributed by atoms with van der Waals surface area (Å²) in [6.45, 7) is 3.65. The van der Waals surface area contributed by atoms with Crippen molar-refractivity contribution in [3.8, 4) is 11.3 Å². The Kier molecular flexibility index (Phi) is 7.86. The minimum atomic E-state index is -4.65. The second kappa shape index (κ2) is 10.7. The monoisotopic (exact) mass is 505 g/mol. The largest absolute Gasteiger partial charge is 0.451 e. The van der Waals surface area contributed by atoms with E-state index in [0.29, 0.717) is 23.0 Å². The summed E-state index contributed by atoms with van der Waals surface area (Å²) in [5.41, 5.74) is -0.102. The number of furan rings is 1. The molecule has 3 amide bonds. The van der Waals surface area contributed by atoms with Crippen molar-refractivity contribution in [2.24, 2.45) is 13.0 Å². The molecule has 2 heterocycles. The number of halogens is 3. The van der Waals surface area contributed by atoms with Gasteiger partial charge in [0.05, 0.1) is 0 Å². The average Bonchev–Trinajstić information content (AvgIpc) is 3.47. The van der Waals surface area contributed by atoms with Gasteiger partial charge in [0, 0.05) is 32.3 Å². The van der Waals surface area contributed by atoms with Gasteiger partial charge in [0.25, 0.3) is 11.8 Å². The third-order valence-electron chi connectivity index (χ3n) is 5.38. The van der Waals surface area contributed by atoms with E-state index in [2.05, 4.69) is 21.0 Å². The van der Waals surface area contributed by atoms with Gasteiger partial charge in [-0.25, -0.2) is 0 Å². The number of carbonyl (C=O) groups excluding carboxylic acids is 3. The lowest BCUT2D eigenvalue weighted by atomic mass is 10.0. The summed E-state index contributed by atoms with van der Waals surface area (Å²) in [6.07, 6.45) is -4.65. The number of alkyl halides is 3. The van der Waals surface area contributed by atoms with Gasteiger partial charge < -0.3 is 20.4 Å². The number of hydrogen-bond donors (Lipinski definition) is 3. The maximum atomic E-state index is 12.8. The molecule has 0 spiro atoms. The summed E-state index contributed by atoms with van der Waals surface area (Å²) in [4.78, 5) is 37.0. The SMILES string of the molecule is CNC(=O)C(NC(=O)c1ccc(-c2cccc(CNC(=O)c3cc(C(F)(F)F)nn3C)c2)o1)C(C)C. The molecule has 0 aliphatic carbocycles. The standard InChI is InChI=1S/C24H26F3N5O4/c1-13(2)20(23(35)28-3)30-22(34)18-9-8-17(36-18)15-7-5-6-14(10-15)12-29-21(33)16-11-19(24(25,26)27)31-32(16)4/h5-11,13,20H,12H2,1-4H3,(H,28,35)(H,29,33)(H,30,34). The lowest BCUT2D eigenvalue weighted by Gasteiger charge is -2.19. The van der Waals surface area contributed by atoms with Crippen LogP contribution in [0.5, 0.6) is 0 Å². The summed E-state index contributed by atoms with van der Waals surface area (Å²) < 4.78 is 45.1. The second-order valence-corrected chi connectivity index (χ2v) is 8.39. The van der Waals surface area contributed by atoms with Crippen molar-refractivity contribution in [1.29, 1.82) is 0 Å². The van der Waals surface area contributed by atoms with E-state index in [9.17, 15) is 27.6 Å². The fraction of sp³-hybridized carbons (Fsp3) is 0.333. The molecule has 3 N–H and O–H groups in total. The lowest BCUT2D eigenvalue weighted by molar-refractivity contribution is -0.141. The van der Waals surface area contributed by atoms with Gasteiger partial charge in [-0.1, -0.05) is 32.0 Å². The van der Waals surface area contributed by atoms with Crippen LogP contribution in [0.1, 0.15) is 46.1 Å². The fourth-order valence-electron chi connectivity index (χ4n) is 3.44. The van der Waals surface area contributed by atoms with Crippen LogP contribution in [-0.2, 0) is 24.6 Å². The minimum absolute atomic E-state index is 0.0231. The first-order valence-electron chi connectivity index (χ1n) is 11.0.